The van der Waals surface area contributed by atoms with Gasteiger partial charge < -0.3 is 10.1 Å². The lowest BCUT2D eigenvalue weighted by molar-refractivity contribution is 0.0279. The zero-order valence-electron chi connectivity index (χ0n) is 10.7. The summed E-state index contributed by atoms with van der Waals surface area (Å²) in [6, 6.07) is 1.95. The summed E-state index contributed by atoms with van der Waals surface area (Å²) >= 11 is 0. The van der Waals surface area contributed by atoms with Crippen LogP contribution in [0.2, 0.25) is 0 Å². The van der Waals surface area contributed by atoms with E-state index in [1.165, 1.54) is 0 Å². The Balaban J connectivity index is 1.92. The largest absolute Gasteiger partial charge is 0.375 e. The number of hydrogen-bond acceptors (Lipinski definition) is 5. The molecule has 6 heteroatoms. The Hall–Kier alpha value is -1.53. The highest BCUT2D eigenvalue weighted by atomic mass is 16.5. The Labute approximate surface area is 105 Å². The molecule has 1 aliphatic rings. The molecule has 6 nitrogen and oxygen atoms in total. The van der Waals surface area contributed by atoms with Crippen molar-refractivity contribution in [2.45, 2.75) is 26.4 Å². The van der Waals surface area contributed by atoms with Crippen LogP contribution in [0.5, 0.6) is 0 Å². The molecule has 0 radical (unpaired) electrons. The van der Waals surface area contributed by atoms with Gasteiger partial charge in [-0.15, -0.1) is 10.2 Å². The summed E-state index contributed by atoms with van der Waals surface area (Å²) in [5.41, 5.74) is 1.83. The van der Waals surface area contributed by atoms with Gasteiger partial charge in [0.05, 0.1) is 12.7 Å². The number of aryl methyl sites for hydroxylation is 2. The van der Waals surface area contributed by atoms with E-state index in [2.05, 4.69) is 20.5 Å². The molecule has 96 valence electrons. The molecular formula is C12H17N5O. The Kier molecular flexibility index (Phi) is 2.97. The van der Waals surface area contributed by atoms with Crippen molar-refractivity contribution < 1.29 is 4.74 Å². The first kappa shape index (κ1) is 11.6. The number of aromatic nitrogens is 4. The lowest BCUT2D eigenvalue weighted by atomic mass is 10.2. The van der Waals surface area contributed by atoms with Crippen LogP contribution in [-0.2, 0) is 11.2 Å². The van der Waals surface area contributed by atoms with Gasteiger partial charge in [0.25, 0.3) is 0 Å². The molecular weight excluding hydrogens is 230 g/mol. The fraction of sp³-hybridized carbons (Fsp3) is 0.583. The molecule has 3 rings (SSSR count). The predicted molar refractivity (Wildman–Crippen MR) is 66.6 cm³/mol. The van der Waals surface area contributed by atoms with Gasteiger partial charge in [-0.2, -0.15) is 0 Å². The molecule has 0 spiro atoms. The van der Waals surface area contributed by atoms with E-state index < -0.39 is 0 Å². The van der Waals surface area contributed by atoms with Gasteiger partial charge in [0.1, 0.15) is 11.6 Å². The second-order valence-corrected chi connectivity index (χ2v) is 4.66. The topological polar surface area (TPSA) is 64.3 Å². The molecule has 1 aliphatic heterocycles. The van der Waals surface area contributed by atoms with Crippen molar-refractivity contribution in [3.05, 3.63) is 23.4 Å². The monoisotopic (exact) mass is 247 g/mol. The SMILES string of the molecule is Cc1cc2nnc(CC3CNCCO3)n2c(C)n1. The standard InChI is InChI=1S/C12H17N5O/c1-8-5-11-15-16-12(17(11)9(2)14-8)6-10-7-13-3-4-18-10/h5,10,13H,3-4,6-7H2,1-2H3. The van der Waals surface area contributed by atoms with Crippen LogP contribution in [0, 0.1) is 13.8 Å². The van der Waals surface area contributed by atoms with Gasteiger partial charge in [0.15, 0.2) is 5.65 Å². The molecule has 1 atom stereocenters. The quantitative estimate of drug-likeness (QED) is 0.825. The van der Waals surface area contributed by atoms with Crippen LogP contribution in [0.25, 0.3) is 5.65 Å². The Bertz CT molecular complexity index is 559. The van der Waals surface area contributed by atoms with Crippen molar-refractivity contribution in [3.63, 3.8) is 0 Å². The summed E-state index contributed by atoms with van der Waals surface area (Å²) in [4.78, 5) is 4.45. The molecule has 0 saturated carbocycles. The van der Waals surface area contributed by atoms with Gasteiger partial charge in [-0.3, -0.25) is 4.40 Å². The van der Waals surface area contributed by atoms with Crippen LogP contribution in [0.4, 0.5) is 0 Å². The third-order valence-electron chi connectivity index (χ3n) is 3.17. The molecule has 1 saturated heterocycles. The number of rotatable bonds is 2. The van der Waals surface area contributed by atoms with Crippen molar-refractivity contribution in [2.75, 3.05) is 19.7 Å². The van der Waals surface area contributed by atoms with Gasteiger partial charge in [0.2, 0.25) is 0 Å². The maximum atomic E-state index is 5.70. The summed E-state index contributed by atoms with van der Waals surface area (Å²) in [7, 11) is 0. The zero-order valence-corrected chi connectivity index (χ0v) is 10.7. The summed E-state index contributed by atoms with van der Waals surface area (Å²) in [5.74, 6) is 1.84. The Morgan fingerprint density at radius 3 is 3.11 bits per heavy atom. The second-order valence-electron chi connectivity index (χ2n) is 4.66. The molecule has 0 amide bonds. The molecule has 2 aromatic heterocycles. The minimum absolute atomic E-state index is 0.173. The van der Waals surface area contributed by atoms with Crippen LogP contribution in [0.3, 0.4) is 0 Å². The number of ether oxygens (including phenoxy) is 1. The van der Waals surface area contributed by atoms with E-state index in [1.54, 1.807) is 0 Å². The van der Waals surface area contributed by atoms with Gasteiger partial charge in [0, 0.05) is 31.3 Å². The first-order valence-electron chi connectivity index (χ1n) is 6.24. The smallest absolute Gasteiger partial charge is 0.164 e. The highest BCUT2D eigenvalue weighted by molar-refractivity contribution is 5.39. The molecule has 18 heavy (non-hydrogen) atoms. The van der Waals surface area contributed by atoms with E-state index in [9.17, 15) is 0 Å². The Morgan fingerprint density at radius 1 is 1.44 bits per heavy atom. The van der Waals surface area contributed by atoms with E-state index >= 15 is 0 Å². The highest BCUT2D eigenvalue weighted by Gasteiger charge is 2.18. The highest BCUT2D eigenvalue weighted by Crippen LogP contribution is 2.11. The maximum absolute atomic E-state index is 5.70. The molecule has 0 bridgehead atoms. The molecule has 0 aliphatic carbocycles. The minimum atomic E-state index is 0.173. The molecule has 1 unspecified atom stereocenters. The summed E-state index contributed by atoms with van der Waals surface area (Å²) < 4.78 is 7.70. The number of nitrogens with one attached hydrogen (secondary N) is 1. The number of morpholine rings is 1. The van der Waals surface area contributed by atoms with E-state index in [1.807, 2.05) is 24.3 Å². The fourth-order valence-corrected chi connectivity index (χ4v) is 2.39. The molecule has 1 N–H and O–H groups in total. The second kappa shape index (κ2) is 4.62. The van der Waals surface area contributed by atoms with Gasteiger partial charge in [-0.05, 0) is 13.8 Å². The fourth-order valence-electron chi connectivity index (χ4n) is 2.39. The molecule has 1 fully saturated rings. The third-order valence-corrected chi connectivity index (χ3v) is 3.17. The summed E-state index contributed by atoms with van der Waals surface area (Å²) in [6.45, 7) is 6.50. The minimum Gasteiger partial charge on any atom is -0.375 e. The number of nitrogens with zero attached hydrogens (tertiary/aromatic N) is 4. The van der Waals surface area contributed by atoms with Gasteiger partial charge in [-0.1, -0.05) is 0 Å². The number of fused-ring (bicyclic) bond motifs is 1. The van der Waals surface area contributed by atoms with Crippen LogP contribution >= 0.6 is 0 Å². The predicted octanol–water partition coefficient (Wildman–Crippen LogP) is 0.272. The van der Waals surface area contributed by atoms with Crippen molar-refractivity contribution in [3.8, 4) is 0 Å². The third kappa shape index (κ3) is 2.09. The first-order chi connectivity index (χ1) is 8.74. The van der Waals surface area contributed by atoms with Crippen molar-refractivity contribution in [2.24, 2.45) is 0 Å². The normalized spacial score (nSPS) is 20.4. The first-order valence-corrected chi connectivity index (χ1v) is 6.24. The van der Waals surface area contributed by atoms with E-state index in [0.29, 0.717) is 0 Å². The molecule has 0 aromatic carbocycles. The Morgan fingerprint density at radius 2 is 2.33 bits per heavy atom. The van der Waals surface area contributed by atoms with E-state index in [4.69, 9.17) is 4.74 Å². The average molecular weight is 247 g/mol. The van der Waals surface area contributed by atoms with Crippen LogP contribution < -0.4 is 5.32 Å². The van der Waals surface area contributed by atoms with Crippen molar-refractivity contribution in [1.29, 1.82) is 0 Å². The lowest BCUT2D eigenvalue weighted by Gasteiger charge is -2.22. The van der Waals surface area contributed by atoms with Crippen molar-refractivity contribution >= 4 is 5.65 Å². The zero-order chi connectivity index (χ0) is 12.5. The van der Waals surface area contributed by atoms with Crippen molar-refractivity contribution in [1.82, 2.24) is 24.9 Å². The van der Waals surface area contributed by atoms with Gasteiger partial charge in [-0.25, -0.2) is 4.98 Å². The van der Waals surface area contributed by atoms with Crippen LogP contribution in [0.1, 0.15) is 17.3 Å². The molecule has 2 aromatic rings. The maximum Gasteiger partial charge on any atom is 0.164 e. The van der Waals surface area contributed by atoms with Crippen LogP contribution in [0.15, 0.2) is 6.07 Å². The van der Waals surface area contributed by atoms with E-state index in [-0.39, 0.29) is 6.10 Å². The van der Waals surface area contributed by atoms with E-state index in [0.717, 1.165) is 49.1 Å². The lowest BCUT2D eigenvalue weighted by Crippen LogP contribution is -2.40. The average Bonchev–Trinajstić information content (AvgIpc) is 2.73. The number of hydrogen-bond donors (Lipinski definition) is 1. The van der Waals surface area contributed by atoms with Gasteiger partial charge >= 0.3 is 0 Å². The van der Waals surface area contributed by atoms with Crippen LogP contribution in [-0.4, -0.2) is 45.4 Å². The summed E-state index contributed by atoms with van der Waals surface area (Å²) in [5, 5.41) is 11.8. The molecule has 3 heterocycles. The summed E-state index contributed by atoms with van der Waals surface area (Å²) in [6.07, 6.45) is 0.937.